The van der Waals surface area contributed by atoms with Gasteiger partial charge in [0, 0.05) is 11.4 Å². The number of rotatable bonds is 3. The molecule has 0 radical (unpaired) electrons. The van der Waals surface area contributed by atoms with Crippen LogP contribution in [0.15, 0.2) is 24.3 Å². The van der Waals surface area contributed by atoms with Crippen molar-refractivity contribution in [3.63, 3.8) is 0 Å². The Balaban J connectivity index is 2.54. The third kappa shape index (κ3) is 5.21. The number of amides is 1. The first-order chi connectivity index (χ1) is 7.90. The number of anilines is 2. The van der Waals surface area contributed by atoms with E-state index in [2.05, 4.69) is 10.6 Å². The van der Waals surface area contributed by atoms with Gasteiger partial charge in [-0.1, -0.05) is 0 Å². The zero-order valence-electron chi connectivity index (χ0n) is 10.4. The van der Waals surface area contributed by atoms with Gasteiger partial charge < -0.3 is 15.8 Å². The van der Waals surface area contributed by atoms with Crippen molar-refractivity contribution < 1.29 is 9.53 Å². The topological polar surface area (TPSA) is 76.4 Å². The summed E-state index contributed by atoms with van der Waals surface area (Å²) < 4.78 is 5.13. The minimum atomic E-state index is -0.495. The molecule has 0 saturated heterocycles. The molecule has 5 nitrogen and oxygen atoms in total. The molecule has 1 rings (SSSR count). The van der Waals surface area contributed by atoms with Crippen molar-refractivity contribution >= 4 is 17.5 Å². The largest absolute Gasteiger partial charge is 0.444 e. The SMILES string of the molecule is CC(C)(C)OC(=O)Nc1ccc(NCN)cc1. The molecule has 0 aromatic heterocycles. The van der Waals surface area contributed by atoms with Crippen LogP contribution in [0.3, 0.4) is 0 Å². The molecular formula is C12H19N3O2. The molecule has 0 aliphatic heterocycles. The van der Waals surface area contributed by atoms with Crippen molar-refractivity contribution in [3.05, 3.63) is 24.3 Å². The molecule has 94 valence electrons. The fraction of sp³-hybridized carbons (Fsp3) is 0.417. The first kappa shape index (κ1) is 13.3. The Morgan fingerprint density at radius 2 is 1.76 bits per heavy atom. The molecular weight excluding hydrogens is 218 g/mol. The predicted octanol–water partition coefficient (Wildman–Crippen LogP) is 2.36. The third-order valence-corrected chi connectivity index (χ3v) is 1.84. The summed E-state index contributed by atoms with van der Waals surface area (Å²) >= 11 is 0. The molecule has 1 aromatic carbocycles. The van der Waals surface area contributed by atoms with Crippen LogP contribution in [-0.2, 0) is 4.74 Å². The lowest BCUT2D eigenvalue weighted by molar-refractivity contribution is 0.0636. The monoisotopic (exact) mass is 237 g/mol. The van der Waals surface area contributed by atoms with Crippen LogP contribution in [0.1, 0.15) is 20.8 Å². The molecule has 0 atom stereocenters. The summed E-state index contributed by atoms with van der Waals surface area (Å²) in [5, 5.41) is 5.61. The standard InChI is InChI=1S/C12H19N3O2/c1-12(2,3)17-11(16)15-10-6-4-9(5-7-10)14-8-13/h4-7,14H,8,13H2,1-3H3,(H,15,16). The molecule has 17 heavy (non-hydrogen) atoms. The summed E-state index contributed by atoms with van der Waals surface area (Å²) in [6.07, 6.45) is -0.461. The second-order valence-electron chi connectivity index (χ2n) is 4.59. The molecule has 1 aromatic rings. The van der Waals surface area contributed by atoms with Crippen LogP contribution in [0.4, 0.5) is 16.2 Å². The number of nitrogens with two attached hydrogens (primary N) is 1. The number of hydrogen-bond acceptors (Lipinski definition) is 4. The van der Waals surface area contributed by atoms with Crippen molar-refractivity contribution in [2.45, 2.75) is 26.4 Å². The van der Waals surface area contributed by atoms with Gasteiger partial charge in [-0.25, -0.2) is 4.79 Å². The summed E-state index contributed by atoms with van der Waals surface area (Å²) in [6, 6.07) is 7.23. The van der Waals surface area contributed by atoms with Gasteiger partial charge in [-0.15, -0.1) is 0 Å². The number of nitrogens with one attached hydrogen (secondary N) is 2. The summed E-state index contributed by atoms with van der Waals surface area (Å²) in [5.41, 5.74) is 6.44. The van der Waals surface area contributed by atoms with Gasteiger partial charge in [-0.2, -0.15) is 0 Å². The average Bonchev–Trinajstić information content (AvgIpc) is 2.18. The maximum Gasteiger partial charge on any atom is 0.412 e. The Labute approximate surface area is 101 Å². The number of hydrogen-bond donors (Lipinski definition) is 3. The van der Waals surface area contributed by atoms with E-state index in [0.717, 1.165) is 5.69 Å². The van der Waals surface area contributed by atoms with Crippen molar-refractivity contribution in [2.24, 2.45) is 5.73 Å². The van der Waals surface area contributed by atoms with E-state index in [0.29, 0.717) is 12.4 Å². The van der Waals surface area contributed by atoms with Crippen LogP contribution in [-0.4, -0.2) is 18.4 Å². The van der Waals surface area contributed by atoms with E-state index in [1.165, 1.54) is 0 Å². The third-order valence-electron chi connectivity index (χ3n) is 1.84. The number of benzene rings is 1. The highest BCUT2D eigenvalue weighted by Crippen LogP contribution is 2.14. The maximum atomic E-state index is 11.5. The molecule has 4 N–H and O–H groups in total. The van der Waals surface area contributed by atoms with E-state index in [-0.39, 0.29) is 0 Å². The van der Waals surface area contributed by atoms with E-state index in [1.54, 1.807) is 12.1 Å². The summed E-state index contributed by atoms with van der Waals surface area (Å²) in [4.78, 5) is 11.5. The average molecular weight is 237 g/mol. The first-order valence-electron chi connectivity index (χ1n) is 5.45. The van der Waals surface area contributed by atoms with Crippen LogP contribution in [0.5, 0.6) is 0 Å². The van der Waals surface area contributed by atoms with E-state index in [4.69, 9.17) is 10.5 Å². The lowest BCUT2D eigenvalue weighted by atomic mass is 10.2. The van der Waals surface area contributed by atoms with Gasteiger partial charge in [0.15, 0.2) is 0 Å². The molecule has 5 heteroatoms. The predicted molar refractivity (Wildman–Crippen MR) is 69.0 cm³/mol. The van der Waals surface area contributed by atoms with Crippen molar-refractivity contribution in [3.8, 4) is 0 Å². The van der Waals surface area contributed by atoms with E-state index in [1.807, 2.05) is 32.9 Å². The summed E-state index contributed by atoms with van der Waals surface area (Å²) in [7, 11) is 0. The normalized spacial score (nSPS) is 10.8. The minimum Gasteiger partial charge on any atom is -0.444 e. The Hall–Kier alpha value is -1.75. The lowest BCUT2D eigenvalue weighted by Gasteiger charge is -2.19. The van der Waals surface area contributed by atoms with Crippen LogP contribution in [0.2, 0.25) is 0 Å². The molecule has 0 bridgehead atoms. The summed E-state index contributed by atoms with van der Waals surface area (Å²) in [6.45, 7) is 5.83. The van der Waals surface area contributed by atoms with Crippen molar-refractivity contribution in [2.75, 3.05) is 17.3 Å². The molecule has 0 spiro atoms. The first-order valence-corrected chi connectivity index (χ1v) is 5.45. The minimum absolute atomic E-state index is 0.374. The molecule has 1 amide bonds. The second-order valence-corrected chi connectivity index (χ2v) is 4.59. The van der Waals surface area contributed by atoms with Gasteiger partial charge in [-0.3, -0.25) is 5.32 Å². The van der Waals surface area contributed by atoms with Gasteiger partial charge in [-0.05, 0) is 45.0 Å². The van der Waals surface area contributed by atoms with Gasteiger partial charge in [0.1, 0.15) is 5.60 Å². The Morgan fingerprint density at radius 3 is 2.24 bits per heavy atom. The molecule has 0 aliphatic carbocycles. The zero-order chi connectivity index (χ0) is 12.9. The van der Waals surface area contributed by atoms with Crippen LogP contribution in [0, 0.1) is 0 Å². The Kier molecular flexibility index (Phi) is 4.34. The summed E-state index contributed by atoms with van der Waals surface area (Å²) in [5.74, 6) is 0. The highest BCUT2D eigenvalue weighted by atomic mass is 16.6. The van der Waals surface area contributed by atoms with Gasteiger partial charge in [0.05, 0.1) is 6.67 Å². The van der Waals surface area contributed by atoms with E-state index < -0.39 is 11.7 Å². The number of ether oxygens (including phenoxy) is 1. The maximum absolute atomic E-state index is 11.5. The van der Waals surface area contributed by atoms with Gasteiger partial charge >= 0.3 is 6.09 Å². The molecule has 0 aliphatic rings. The molecule has 0 heterocycles. The van der Waals surface area contributed by atoms with E-state index in [9.17, 15) is 4.79 Å². The molecule has 0 unspecified atom stereocenters. The smallest absolute Gasteiger partial charge is 0.412 e. The zero-order valence-corrected chi connectivity index (χ0v) is 10.4. The Morgan fingerprint density at radius 1 is 1.24 bits per heavy atom. The lowest BCUT2D eigenvalue weighted by Crippen LogP contribution is -2.27. The molecule has 0 fully saturated rings. The number of carbonyl (C=O) groups is 1. The van der Waals surface area contributed by atoms with Crippen molar-refractivity contribution in [1.82, 2.24) is 0 Å². The fourth-order valence-electron chi connectivity index (χ4n) is 1.21. The highest BCUT2D eigenvalue weighted by molar-refractivity contribution is 5.85. The fourth-order valence-corrected chi connectivity index (χ4v) is 1.21. The highest BCUT2D eigenvalue weighted by Gasteiger charge is 2.15. The quantitative estimate of drug-likeness (QED) is 0.705. The number of carbonyl (C=O) groups excluding carboxylic acids is 1. The van der Waals surface area contributed by atoms with Crippen LogP contribution >= 0.6 is 0 Å². The van der Waals surface area contributed by atoms with E-state index >= 15 is 0 Å². The second kappa shape index (κ2) is 5.54. The van der Waals surface area contributed by atoms with Gasteiger partial charge in [0.25, 0.3) is 0 Å². The van der Waals surface area contributed by atoms with Crippen LogP contribution in [0.25, 0.3) is 0 Å². The molecule has 0 saturated carbocycles. The van der Waals surface area contributed by atoms with Crippen LogP contribution < -0.4 is 16.4 Å². The Bertz CT molecular complexity index is 368. The van der Waals surface area contributed by atoms with Gasteiger partial charge in [0.2, 0.25) is 0 Å². The van der Waals surface area contributed by atoms with Crippen molar-refractivity contribution in [1.29, 1.82) is 0 Å².